The molecule has 0 atom stereocenters. The summed E-state index contributed by atoms with van der Waals surface area (Å²) in [5, 5.41) is 3.16. The zero-order chi connectivity index (χ0) is 13.5. The molecule has 0 spiro atoms. The smallest absolute Gasteiger partial charge is 0.330 e. The molecule has 96 valence electrons. The molecule has 4 nitrogen and oxygen atoms in total. The van der Waals surface area contributed by atoms with Crippen molar-refractivity contribution < 1.29 is 14.3 Å². The van der Waals surface area contributed by atoms with Crippen molar-refractivity contribution in [1.82, 2.24) is 0 Å². The van der Waals surface area contributed by atoms with Crippen molar-refractivity contribution in [2.75, 3.05) is 11.9 Å². The van der Waals surface area contributed by atoms with Crippen LogP contribution in [0.15, 0.2) is 30.4 Å². The van der Waals surface area contributed by atoms with Gasteiger partial charge in [0.1, 0.15) is 0 Å². The first-order valence-corrected chi connectivity index (χ1v) is 5.82. The summed E-state index contributed by atoms with van der Waals surface area (Å²) in [4.78, 5) is 22.5. The molecule has 0 aliphatic carbocycles. The first-order valence-electron chi connectivity index (χ1n) is 5.45. The van der Waals surface area contributed by atoms with Gasteiger partial charge >= 0.3 is 5.97 Å². The predicted octanol–water partition coefficient (Wildman–Crippen LogP) is 2.71. The quantitative estimate of drug-likeness (QED) is 0.674. The van der Waals surface area contributed by atoms with Crippen molar-refractivity contribution in [2.24, 2.45) is 0 Å². The number of carbonyl (C=O) groups excluding carboxylic acids is 2. The Morgan fingerprint density at radius 1 is 1.39 bits per heavy atom. The monoisotopic (exact) mass is 267 g/mol. The molecular weight excluding hydrogens is 254 g/mol. The molecule has 1 rings (SSSR count). The summed E-state index contributed by atoms with van der Waals surface area (Å²) in [5.41, 5.74) is 1.50. The van der Waals surface area contributed by atoms with Crippen molar-refractivity contribution >= 4 is 29.2 Å². The molecule has 0 unspecified atom stereocenters. The van der Waals surface area contributed by atoms with E-state index in [4.69, 9.17) is 11.6 Å². The van der Waals surface area contributed by atoms with Gasteiger partial charge in [-0.05, 0) is 31.5 Å². The maximum Gasteiger partial charge on any atom is 0.330 e. The Kier molecular flexibility index (Phi) is 5.39. The summed E-state index contributed by atoms with van der Waals surface area (Å²) in [5.74, 6) is -0.961. The van der Waals surface area contributed by atoms with Crippen LogP contribution < -0.4 is 5.32 Å². The molecule has 0 bridgehead atoms. The highest BCUT2D eigenvalue weighted by Gasteiger charge is 2.02. The minimum atomic E-state index is -0.547. The Morgan fingerprint density at radius 3 is 2.72 bits per heavy atom. The van der Waals surface area contributed by atoms with Crippen molar-refractivity contribution in [3.05, 3.63) is 40.9 Å². The largest absolute Gasteiger partial charge is 0.463 e. The molecule has 1 N–H and O–H groups in total. The molecule has 1 aromatic rings. The van der Waals surface area contributed by atoms with E-state index in [1.165, 1.54) is 0 Å². The van der Waals surface area contributed by atoms with Gasteiger partial charge in [-0.2, -0.15) is 0 Å². The van der Waals surface area contributed by atoms with Gasteiger partial charge in [0, 0.05) is 22.9 Å². The highest BCUT2D eigenvalue weighted by Crippen LogP contribution is 2.19. The average Bonchev–Trinajstić information content (AvgIpc) is 2.32. The number of hydrogen-bond acceptors (Lipinski definition) is 3. The van der Waals surface area contributed by atoms with Crippen LogP contribution in [0.1, 0.15) is 12.5 Å². The van der Waals surface area contributed by atoms with Gasteiger partial charge in [0.05, 0.1) is 6.61 Å². The van der Waals surface area contributed by atoms with Crippen LogP contribution in [0.25, 0.3) is 0 Å². The predicted molar refractivity (Wildman–Crippen MR) is 70.6 cm³/mol. The number of ether oxygens (including phenoxy) is 1. The maximum atomic E-state index is 11.5. The van der Waals surface area contributed by atoms with Crippen molar-refractivity contribution in [1.29, 1.82) is 0 Å². The lowest BCUT2D eigenvalue weighted by atomic mass is 10.2. The SMILES string of the molecule is CCOC(=O)/C=C/C(=O)Nc1ccc(C)c(Cl)c1. The molecule has 0 aliphatic heterocycles. The summed E-state index contributed by atoms with van der Waals surface area (Å²) in [6.07, 6.45) is 2.19. The van der Waals surface area contributed by atoms with E-state index >= 15 is 0 Å². The maximum absolute atomic E-state index is 11.5. The molecule has 0 radical (unpaired) electrons. The number of hydrogen-bond donors (Lipinski definition) is 1. The molecule has 0 aromatic heterocycles. The van der Waals surface area contributed by atoms with Crippen molar-refractivity contribution in [2.45, 2.75) is 13.8 Å². The normalized spacial score (nSPS) is 10.4. The number of rotatable bonds is 4. The van der Waals surface area contributed by atoms with Crippen LogP contribution >= 0.6 is 11.6 Å². The first kappa shape index (κ1) is 14.3. The average molecular weight is 268 g/mol. The van der Waals surface area contributed by atoms with Gasteiger partial charge in [-0.15, -0.1) is 0 Å². The van der Waals surface area contributed by atoms with Gasteiger partial charge in [-0.25, -0.2) is 4.79 Å². The molecule has 1 aromatic carbocycles. The van der Waals surface area contributed by atoms with E-state index in [1.807, 2.05) is 6.92 Å². The van der Waals surface area contributed by atoms with E-state index in [1.54, 1.807) is 25.1 Å². The number of esters is 1. The van der Waals surface area contributed by atoms with Gasteiger partial charge in [-0.3, -0.25) is 4.79 Å². The summed E-state index contributed by atoms with van der Waals surface area (Å²) >= 11 is 5.92. The minimum absolute atomic E-state index is 0.276. The fourth-order valence-corrected chi connectivity index (χ4v) is 1.37. The second kappa shape index (κ2) is 6.81. The van der Waals surface area contributed by atoms with E-state index in [2.05, 4.69) is 10.1 Å². The van der Waals surface area contributed by atoms with Gasteiger partial charge in [0.25, 0.3) is 0 Å². The number of anilines is 1. The molecule has 0 heterocycles. The molecule has 1 amide bonds. The van der Waals surface area contributed by atoms with Crippen LogP contribution in [0, 0.1) is 6.92 Å². The number of nitrogens with one attached hydrogen (secondary N) is 1. The van der Waals surface area contributed by atoms with Gasteiger partial charge in [0.2, 0.25) is 5.91 Å². The van der Waals surface area contributed by atoms with Crippen LogP contribution in [0.2, 0.25) is 5.02 Å². The second-order valence-electron chi connectivity index (χ2n) is 3.54. The highest BCUT2D eigenvalue weighted by atomic mass is 35.5. The molecule has 5 heteroatoms. The topological polar surface area (TPSA) is 55.4 Å². The standard InChI is InChI=1S/C13H14ClNO3/c1-3-18-13(17)7-6-12(16)15-10-5-4-9(2)11(14)8-10/h4-8H,3H2,1-2H3,(H,15,16)/b7-6+. The van der Waals surface area contributed by atoms with Gasteiger partial charge in [0.15, 0.2) is 0 Å². The zero-order valence-corrected chi connectivity index (χ0v) is 11.0. The Hall–Kier alpha value is -1.81. The lowest BCUT2D eigenvalue weighted by molar-refractivity contribution is -0.137. The third-order valence-corrected chi connectivity index (χ3v) is 2.50. The number of amides is 1. The van der Waals surface area contributed by atoms with Gasteiger partial charge in [-0.1, -0.05) is 17.7 Å². The van der Waals surface area contributed by atoms with Crippen molar-refractivity contribution in [3.8, 4) is 0 Å². The number of benzene rings is 1. The molecule has 0 fully saturated rings. The lowest BCUT2D eigenvalue weighted by Gasteiger charge is -2.04. The Labute approximate surface area is 111 Å². The molecule has 0 saturated heterocycles. The Bertz CT molecular complexity index is 483. The highest BCUT2D eigenvalue weighted by molar-refractivity contribution is 6.31. The van der Waals surface area contributed by atoms with E-state index in [-0.39, 0.29) is 6.61 Å². The van der Waals surface area contributed by atoms with Crippen LogP contribution in [0.5, 0.6) is 0 Å². The third-order valence-electron chi connectivity index (χ3n) is 2.10. The number of carbonyl (C=O) groups is 2. The lowest BCUT2D eigenvalue weighted by Crippen LogP contribution is -2.09. The molecule has 18 heavy (non-hydrogen) atoms. The summed E-state index contributed by atoms with van der Waals surface area (Å²) in [6.45, 7) is 3.84. The van der Waals surface area contributed by atoms with E-state index in [9.17, 15) is 9.59 Å². The van der Waals surface area contributed by atoms with E-state index in [0.29, 0.717) is 10.7 Å². The minimum Gasteiger partial charge on any atom is -0.463 e. The van der Waals surface area contributed by atoms with E-state index < -0.39 is 11.9 Å². The summed E-state index contributed by atoms with van der Waals surface area (Å²) < 4.78 is 4.65. The molecule has 0 aliphatic rings. The zero-order valence-electron chi connectivity index (χ0n) is 10.2. The Morgan fingerprint density at radius 2 is 2.11 bits per heavy atom. The number of halogens is 1. The van der Waals surface area contributed by atoms with Crippen LogP contribution in [-0.4, -0.2) is 18.5 Å². The molecular formula is C13H14ClNO3. The summed E-state index contributed by atoms with van der Waals surface area (Å²) in [6, 6.07) is 5.18. The van der Waals surface area contributed by atoms with Crippen LogP contribution in [-0.2, 0) is 14.3 Å². The fraction of sp³-hybridized carbons (Fsp3) is 0.231. The summed E-state index contributed by atoms with van der Waals surface area (Å²) in [7, 11) is 0. The molecule has 0 saturated carbocycles. The number of aryl methyl sites for hydroxylation is 1. The van der Waals surface area contributed by atoms with Crippen molar-refractivity contribution in [3.63, 3.8) is 0 Å². The van der Waals surface area contributed by atoms with Gasteiger partial charge < -0.3 is 10.1 Å². The Balaban J connectivity index is 2.59. The van der Waals surface area contributed by atoms with Crippen LogP contribution in [0.3, 0.4) is 0 Å². The second-order valence-corrected chi connectivity index (χ2v) is 3.95. The van der Waals surface area contributed by atoms with E-state index in [0.717, 1.165) is 17.7 Å². The van der Waals surface area contributed by atoms with Crippen LogP contribution in [0.4, 0.5) is 5.69 Å². The third kappa shape index (κ3) is 4.59. The first-order chi connectivity index (χ1) is 8.52. The fourth-order valence-electron chi connectivity index (χ4n) is 1.19.